The number of morpholine rings is 1. The van der Waals surface area contributed by atoms with Crippen LogP contribution in [-0.2, 0) is 27.1 Å². The van der Waals surface area contributed by atoms with Crippen LogP contribution in [-0.4, -0.2) is 57.4 Å². The van der Waals surface area contributed by atoms with Crippen LogP contribution < -0.4 is 15.5 Å². The summed E-state index contributed by atoms with van der Waals surface area (Å²) in [5.74, 6) is 0.332. The van der Waals surface area contributed by atoms with Crippen LogP contribution in [0.1, 0.15) is 52.2 Å². The molecule has 2 aromatic rings. The van der Waals surface area contributed by atoms with E-state index in [2.05, 4.69) is 15.5 Å². The van der Waals surface area contributed by atoms with E-state index >= 15 is 0 Å². The highest BCUT2D eigenvalue weighted by atomic mass is 32.1. The largest absolute Gasteiger partial charge is 0.441 e. The molecule has 2 N–H and O–H groups in total. The van der Waals surface area contributed by atoms with Crippen molar-refractivity contribution in [1.82, 2.24) is 5.32 Å². The Kier molecular flexibility index (Phi) is 7.70. The molecule has 9 nitrogen and oxygen atoms in total. The first-order valence-corrected chi connectivity index (χ1v) is 13.3. The molecule has 2 fully saturated rings. The summed E-state index contributed by atoms with van der Waals surface area (Å²) in [7, 11) is 0. The fraction of sp³-hybridized carbons (Fsp3) is 0.500. The summed E-state index contributed by atoms with van der Waals surface area (Å²) in [6, 6.07) is 5.54. The number of fused-ring (bicyclic) bond motifs is 1. The van der Waals surface area contributed by atoms with Crippen LogP contribution in [0.15, 0.2) is 22.1 Å². The standard InChI is InChI=1S/C26H30N4O5S/c27-15-17(14-18-7-8-22(35-18)30-9-12-33-13-10-30)24(31)29-26-23(20-5-1-2-6-21(20)36-26)25(32)28-16-19-4-3-11-34-19/h7-8,14,19H,1-6,9-13,16H2,(H,28,32)(H,29,31)/b17-14-. The lowest BCUT2D eigenvalue weighted by Gasteiger charge is -2.26. The Hall–Kier alpha value is -3.13. The number of ether oxygens (including phenoxy) is 2. The van der Waals surface area contributed by atoms with Gasteiger partial charge in [-0.15, -0.1) is 11.3 Å². The highest BCUT2D eigenvalue weighted by Gasteiger charge is 2.28. The van der Waals surface area contributed by atoms with Gasteiger partial charge in [0.25, 0.3) is 11.8 Å². The average molecular weight is 511 g/mol. The first kappa shape index (κ1) is 24.6. The van der Waals surface area contributed by atoms with E-state index in [9.17, 15) is 14.9 Å². The highest BCUT2D eigenvalue weighted by Crippen LogP contribution is 2.38. The Morgan fingerprint density at radius 3 is 2.78 bits per heavy atom. The molecule has 0 aromatic carbocycles. The number of anilines is 2. The molecule has 0 radical (unpaired) electrons. The molecule has 1 unspecified atom stereocenters. The molecule has 190 valence electrons. The smallest absolute Gasteiger partial charge is 0.267 e. The Morgan fingerprint density at radius 2 is 2.00 bits per heavy atom. The first-order chi connectivity index (χ1) is 17.6. The van der Waals surface area contributed by atoms with E-state index in [1.165, 1.54) is 17.4 Å². The minimum Gasteiger partial charge on any atom is -0.441 e. The Balaban J connectivity index is 1.32. The van der Waals surface area contributed by atoms with E-state index in [0.717, 1.165) is 68.7 Å². The molecule has 2 aromatic heterocycles. The number of hydrogen-bond acceptors (Lipinski definition) is 8. The Labute approximate surface area is 214 Å². The predicted octanol–water partition coefficient (Wildman–Crippen LogP) is 3.51. The third-order valence-corrected chi connectivity index (χ3v) is 7.93. The second kappa shape index (κ2) is 11.3. The number of hydrogen-bond donors (Lipinski definition) is 2. The molecule has 2 amide bonds. The molecule has 0 spiro atoms. The average Bonchev–Trinajstić information content (AvgIpc) is 3.66. The number of amides is 2. The molecule has 5 rings (SSSR count). The number of rotatable bonds is 7. The molecule has 2 saturated heterocycles. The Morgan fingerprint density at radius 1 is 1.17 bits per heavy atom. The summed E-state index contributed by atoms with van der Waals surface area (Å²) in [4.78, 5) is 29.5. The lowest BCUT2D eigenvalue weighted by atomic mass is 9.95. The summed E-state index contributed by atoms with van der Waals surface area (Å²) in [5, 5.41) is 16.0. The van der Waals surface area contributed by atoms with Gasteiger partial charge < -0.3 is 29.4 Å². The van der Waals surface area contributed by atoms with Crippen LogP contribution in [0.2, 0.25) is 0 Å². The quantitative estimate of drug-likeness (QED) is 0.432. The number of carbonyl (C=O) groups excluding carboxylic acids is 2. The van der Waals surface area contributed by atoms with Crippen LogP contribution in [0, 0.1) is 11.3 Å². The summed E-state index contributed by atoms with van der Waals surface area (Å²) < 4.78 is 16.9. The van der Waals surface area contributed by atoms with E-state index in [1.807, 2.05) is 12.1 Å². The number of furan rings is 1. The lowest BCUT2D eigenvalue weighted by molar-refractivity contribution is -0.112. The van der Waals surface area contributed by atoms with Gasteiger partial charge in [0, 0.05) is 43.3 Å². The maximum absolute atomic E-state index is 13.2. The lowest BCUT2D eigenvalue weighted by Crippen LogP contribution is -2.35. The van der Waals surface area contributed by atoms with Crippen molar-refractivity contribution in [2.45, 2.75) is 44.6 Å². The van der Waals surface area contributed by atoms with Crippen LogP contribution >= 0.6 is 11.3 Å². The number of thiophene rings is 1. The number of carbonyl (C=O) groups is 2. The van der Waals surface area contributed by atoms with Crippen molar-refractivity contribution in [2.24, 2.45) is 0 Å². The van der Waals surface area contributed by atoms with Crippen molar-refractivity contribution < 1.29 is 23.5 Å². The van der Waals surface area contributed by atoms with Gasteiger partial charge in [-0.3, -0.25) is 9.59 Å². The van der Waals surface area contributed by atoms with E-state index in [1.54, 1.807) is 6.07 Å². The van der Waals surface area contributed by atoms with Crippen molar-refractivity contribution in [2.75, 3.05) is 49.7 Å². The van der Waals surface area contributed by atoms with Gasteiger partial charge in [-0.1, -0.05) is 0 Å². The van der Waals surface area contributed by atoms with Crippen LogP contribution in [0.5, 0.6) is 0 Å². The summed E-state index contributed by atoms with van der Waals surface area (Å²) in [6.45, 7) is 3.89. The maximum atomic E-state index is 13.2. The van der Waals surface area contributed by atoms with Gasteiger partial charge in [-0.25, -0.2) is 0 Å². The molecular weight excluding hydrogens is 480 g/mol. The first-order valence-electron chi connectivity index (χ1n) is 12.5. The summed E-state index contributed by atoms with van der Waals surface area (Å²) >= 11 is 1.43. The van der Waals surface area contributed by atoms with Crippen molar-refractivity contribution in [3.05, 3.63) is 39.5 Å². The number of nitrogens with one attached hydrogen (secondary N) is 2. The molecule has 10 heteroatoms. The van der Waals surface area contributed by atoms with E-state index in [-0.39, 0.29) is 17.6 Å². The van der Waals surface area contributed by atoms with E-state index in [0.29, 0.717) is 42.0 Å². The molecule has 1 aliphatic carbocycles. The third-order valence-electron chi connectivity index (χ3n) is 6.73. The molecule has 4 heterocycles. The minimum atomic E-state index is -0.561. The topological polar surface area (TPSA) is 117 Å². The molecular formula is C26H30N4O5S. The van der Waals surface area contributed by atoms with E-state index in [4.69, 9.17) is 13.9 Å². The van der Waals surface area contributed by atoms with Gasteiger partial charge in [0.2, 0.25) is 0 Å². The fourth-order valence-corrected chi connectivity index (χ4v) is 6.11. The normalized spacial score (nSPS) is 20.0. The van der Waals surface area contributed by atoms with Crippen molar-refractivity contribution in [3.63, 3.8) is 0 Å². The van der Waals surface area contributed by atoms with Crippen molar-refractivity contribution >= 4 is 40.1 Å². The van der Waals surface area contributed by atoms with Crippen molar-refractivity contribution in [1.29, 1.82) is 5.26 Å². The highest BCUT2D eigenvalue weighted by molar-refractivity contribution is 7.17. The number of nitrogens with zero attached hydrogens (tertiary/aromatic N) is 2. The van der Waals surface area contributed by atoms with Gasteiger partial charge in [0.05, 0.1) is 24.9 Å². The second-order valence-corrected chi connectivity index (χ2v) is 10.3. The molecule has 2 aliphatic heterocycles. The molecule has 36 heavy (non-hydrogen) atoms. The van der Waals surface area contributed by atoms with Gasteiger partial charge in [0.15, 0.2) is 5.88 Å². The zero-order chi connectivity index (χ0) is 24.9. The fourth-order valence-electron chi connectivity index (χ4n) is 4.83. The van der Waals surface area contributed by atoms with E-state index < -0.39 is 5.91 Å². The van der Waals surface area contributed by atoms with Gasteiger partial charge in [-0.2, -0.15) is 5.26 Å². The monoisotopic (exact) mass is 510 g/mol. The van der Waals surface area contributed by atoms with Crippen molar-refractivity contribution in [3.8, 4) is 6.07 Å². The predicted molar refractivity (Wildman–Crippen MR) is 136 cm³/mol. The maximum Gasteiger partial charge on any atom is 0.267 e. The Bertz CT molecular complexity index is 1180. The van der Waals surface area contributed by atoms with Gasteiger partial charge >= 0.3 is 0 Å². The third kappa shape index (κ3) is 5.48. The molecule has 1 atom stereocenters. The van der Waals surface area contributed by atoms with Gasteiger partial charge in [0.1, 0.15) is 22.4 Å². The van der Waals surface area contributed by atoms with Crippen LogP contribution in [0.4, 0.5) is 10.9 Å². The number of aryl methyl sites for hydroxylation is 1. The zero-order valence-electron chi connectivity index (χ0n) is 20.1. The second-order valence-electron chi connectivity index (χ2n) is 9.16. The summed E-state index contributed by atoms with van der Waals surface area (Å²) in [5.41, 5.74) is 1.44. The molecule has 0 bridgehead atoms. The SMILES string of the molecule is N#C/C(=C/c1ccc(N2CCOCC2)o1)C(=O)Nc1sc2c(c1C(=O)NCC1CCCO1)CCCC2. The molecule has 3 aliphatic rings. The van der Waals surface area contributed by atoms with Crippen LogP contribution in [0.25, 0.3) is 6.08 Å². The number of nitriles is 1. The summed E-state index contributed by atoms with van der Waals surface area (Å²) in [6.07, 6.45) is 7.17. The zero-order valence-corrected chi connectivity index (χ0v) is 21.0. The minimum absolute atomic E-state index is 0.0326. The van der Waals surface area contributed by atoms with Crippen LogP contribution in [0.3, 0.4) is 0 Å². The van der Waals surface area contributed by atoms with Gasteiger partial charge in [-0.05, 0) is 50.2 Å². The molecule has 0 saturated carbocycles.